The number of hydrogen-bond acceptors (Lipinski definition) is 12. The van der Waals surface area contributed by atoms with Gasteiger partial charge in [-0.2, -0.15) is 0 Å². The number of benzene rings is 1. The average Bonchev–Trinajstić information content (AvgIpc) is 2.95. The minimum atomic E-state index is -0.956. The van der Waals surface area contributed by atoms with Gasteiger partial charge in [0.05, 0.1) is 26.9 Å². The highest BCUT2D eigenvalue weighted by molar-refractivity contribution is 5.76. The van der Waals surface area contributed by atoms with Crippen LogP contribution in [0.25, 0.3) is 0 Å². The lowest BCUT2D eigenvalue weighted by Gasteiger charge is -2.20. The molecule has 0 radical (unpaired) electrons. The Bertz CT molecular complexity index is 937. The third-order valence-corrected chi connectivity index (χ3v) is 5.63. The molecule has 0 aliphatic heterocycles. The molecular weight excluding hydrogens is 538 g/mol. The lowest BCUT2D eigenvalue weighted by Crippen LogP contribution is -2.43. The molecule has 0 aliphatic carbocycles. The lowest BCUT2D eigenvalue weighted by atomic mass is 10.0. The summed E-state index contributed by atoms with van der Waals surface area (Å²) in [7, 11) is 1.26. The average molecular weight is 584 g/mol. The summed E-state index contributed by atoms with van der Waals surface area (Å²) in [6.45, 7) is 8.35. The van der Waals surface area contributed by atoms with Gasteiger partial charge in [0.2, 0.25) is 0 Å². The summed E-state index contributed by atoms with van der Waals surface area (Å²) >= 11 is 0. The predicted molar refractivity (Wildman–Crippen MR) is 149 cm³/mol. The van der Waals surface area contributed by atoms with Crippen LogP contribution in [0.3, 0.4) is 0 Å². The Morgan fingerprint density at radius 2 is 1.34 bits per heavy atom. The minimum absolute atomic E-state index is 0.0464. The van der Waals surface area contributed by atoms with Crippen molar-refractivity contribution >= 4 is 24.4 Å². The minimum Gasteiger partial charge on any atom is -0.468 e. The molecule has 12 heteroatoms. The zero-order chi connectivity index (χ0) is 30.5. The summed E-state index contributed by atoms with van der Waals surface area (Å²) in [6, 6.07) is 3.68. The van der Waals surface area contributed by atoms with Gasteiger partial charge in [-0.1, -0.05) is 52.5 Å². The Hall–Kier alpha value is -3.54. The van der Waals surface area contributed by atoms with E-state index in [0.717, 1.165) is 25.7 Å². The van der Waals surface area contributed by atoms with E-state index in [2.05, 4.69) is 5.32 Å². The summed E-state index contributed by atoms with van der Waals surface area (Å²) in [5.74, 6) is -0.679. The Morgan fingerprint density at radius 1 is 0.756 bits per heavy atom. The first-order chi connectivity index (χ1) is 19.7. The van der Waals surface area contributed by atoms with Crippen LogP contribution in [0.15, 0.2) is 18.2 Å². The summed E-state index contributed by atoms with van der Waals surface area (Å²) in [6.07, 6.45) is 2.62. The number of ether oxygens (including phenoxy) is 7. The quantitative estimate of drug-likeness (QED) is 0.0919. The van der Waals surface area contributed by atoms with Gasteiger partial charge in [-0.25, -0.2) is 14.4 Å². The number of methoxy groups -OCH3 is 1. The second-order valence-corrected chi connectivity index (χ2v) is 9.31. The number of carbonyl (C=O) groups is 4. The first-order valence-electron chi connectivity index (χ1n) is 14.2. The van der Waals surface area contributed by atoms with E-state index in [0.29, 0.717) is 24.8 Å². The van der Waals surface area contributed by atoms with Crippen molar-refractivity contribution < 1.29 is 52.3 Å². The zero-order valence-electron chi connectivity index (χ0n) is 24.9. The van der Waals surface area contributed by atoms with E-state index in [1.54, 1.807) is 13.0 Å². The third kappa shape index (κ3) is 15.7. The summed E-state index contributed by atoms with van der Waals surface area (Å²) in [4.78, 5) is 48.7. The Morgan fingerprint density at radius 3 is 1.90 bits per heavy atom. The van der Waals surface area contributed by atoms with Crippen LogP contribution in [-0.4, -0.2) is 70.1 Å². The summed E-state index contributed by atoms with van der Waals surface area (Å²) in [5, 5.41) is 3.02. The van der Waals surface area contributed by atoms with Crippen LogP contribution in [0, 0.1) is 0 Å². The molecule has 12 nitrogen and oxygen atoms in total. The molecule has 0 bridgehead atoms. The van der Waals surface area contributed by atoms with E-state index >= 15 is 0 Å². The van der Waals surface area contributed by atoms with Gasteiger partial charge in [-0.05, 0) is 50.3 Å². The molecule has 1 aromatic rings. The molecule has 0 aromatic heterocycles. The van der Waals surface area contributed by atoms with Gasteiger partial charge in [-0.15, -0.1) is 0 Å². The molecule has 2 atom stereocenters. The van der Waals surface area contributed by atoms with E-state index in [9.17, 15) is 19.2 Å². The Balaban J connectivity index is 2.98. The summed E-state index contributed by atoms with van der Waals surface area (Å²) in [5.41, 5.74) is 0.557. The van der Waals surface area contributed by atoms with Crippen LogP contribution < -0.4 is 14.8 Å². The fraction of sp³-hybridized carbons (Fsp3) is 0.655. The van der Waals surface area contributed by atoms with Crippen molar-refractivity contribution in [3.63, 3.8) is 0 Å². The van der Waals surface area contributed by atoms with Crippen LogP contribution >= 0.6 is 0 Å². The molecular formula is C29H45NO11. The van der Waals surface area contributed by atoms with Crippen molar-refractivity contribution in [2.24, 2.45) is 0 Å². The van der Waals surface area contributed by atoms with Crippen LogP contribution in [0.2, 0.25) is 0 Å². The summed E-state index contributed by atoms with van der Waals surface area (Å²) < 4.78 is 35.8. The molecule has 1 N–H and O–H groups in total. The molecule has 0 saturated heterocycles. The van der Waals surface area contributed by atoms with E-state index in [-0.39, 0.29) is 44.3 Å². The molecule has 1 aromatic carbocycles. The smallest absolute Gasteiger partial charge is 0.468 e. The fourth-order valence-electron chi connectivity index (χ4n) is 3.45. The first-order valence-corrected chi connectivity index (χ1v) is 14.2. The number of nitrogens with one attached hydrogen (secondary N) is 1. The van der Waals surface area contributed by atoms with Crippen LogP contribution in [0.1, 0.15) is 78.2 Å². The maximum absolute atomic E-state index is 12.5. The van der Waals surface area contributed by atoms with Crippen molar-refractivity contribution in [3.05, 3.63) is 23.8 Å². The largest absolute Gasteiger partial charge is 0.513 e. The second kappa shape index (κ2) is 21.2. The van der Waals surface area contributed by atoms with Gasteiger partial charge in [0, 0.05) is 6.54 Å². The molecule has 0 fully saturated rings. The van der Waals surface area contributed by atoms with Gasteiger partial charge in [0.1, 0.15) is 12.1 Å². The van der Waals surface area contributed by atoms with Crippen molar-refractivity contribution in [2.45, 2.75) is 91.2 Å². The SMILES string of the molecule is CCCCCOC(=O)Oc1ccc(C[C@H](NCC(C)OC(=O)OCCC)C(=O)OC)cc1OC(=O)OCCCCC. The first kappa shape index (κ1) is 35.5. The van der Waals surface area contributed by atoms with E-state index in [1.165, 1.54) is 19.2 Å². The normalized spacial score (nSPS) is 12.0. The number of unbranched alkanes of at least 4 members (excludes halogenated alkanes) is 4. The van der Waals surface area contributed by atoms with E-state index in [4.69, 9.17) is 33.2 Å². The Labute approximate surface area is 242 Å². The third-order valence-electron chi connectivity index (χ3n) is 5.63. The molecule has 1 unspecified atom stereocenters. The maximum Gasteiger partial charge on any atom is 0.513 e. The highest BCUT2D eigenvalue weighted by Crippen LogP contribution is 2.30. The topological polar surface area (TPSA) is 145 Å². The number of esters is 1. The fourth-order valence-corrected chi connectivity index (χ4v) is 3.45. The molecule has 0 amide bonds. The molecule has 0 saturated carbocycles. The van der Waals surface area contributed by atoms with Gasteiger partial charge in [-0.3, -0.25) is 4.79 Å². The van der Waals surface area contributed by atoms with E-state index < -0.39 is 36.6 Å². The van der Waals surface area contributed by atoms with Crippen LogP contribution in [-0.2, 0) is 34.9 Å². The molecule has 0 spiro atoms. The van der Waals surface area contributed by atoms with Crippen molar-refractivity contribution in [3.8, 4) is 11.5 Å². The zero-order valence-corrected chi connectivity index (χ0v) is 24.9. The van der Waals surface area contributed by atoms with Crippen LogP contribution in [0.5, 0.6) is 11.5 Å². The van der Waals surface area contributed by atoms with Crippen molar-refractivity contribution in [1.29, 1.82) is 0 Å². The molecule has 232 valence electrons. The monoisotopic (exact) mass is 583 g/mol. The standard InChI is InChI=1S/C29H45NO11/c1-6-9-11-16-37-28(33)40-24-14-13-22(19-25(24)41-29(34)38-17-12-10-7-2)18-23(26(31)35-5)30-20-21(4)39-27(32)36-15-8-3/h13-14,19,21,23,30H,6-12,15-18,20H2,1-5H3/t21?,23-/m0/s1. The maximum atomic E-state index is 12.5. The van der Waals surface area contributed by atoms with Gasteiger partial charge < -0.3 is 38.5 Å². The van der Waals surface area contributed by atoms with Crippen LogP contribution in [0.4, 0.5) is 14.4 Å². The number of rotatable bonds is 19. The Kier molecular flexibility index (Phi) is 18.4. The van der Waals surface area contributed by atoms with Gasteiger partial charge in [0.25, 0.3) is 0 Å². The lowest BCUT2D eigenvalue weighted by molar-refractivity contribution is -0.143. The predicted octanol–water partition coefficient (Wildman–Crippen LogP) is 5.72. The number of carbonyl (C=O) groups excluding carboxylic acids is 4. The second-order valence-electron chi connectivity index (χ2n) is 9.31. The van der Waals surface area contributed by atoms with Crippen molar-refractivity contribution in [2.75, 3.05) is 33.5 Å². The number of hydrogen-bond donors (Lipinski definition) is 1. The molecule has 0 heterocycles. The van der Waals surface area contributed by atoms with Crippen molar-refractivity contribution in [1.82, 2.24) is 5.32 Å². The van der Waals surface area contributed by atoms with Gasteiger partial charge in [0.15, 0.2) is 11.5 Å². The molecule has 41 heavy (non-hydrogen) atoms. The van der Waals surface area contributed by atoms with E-state index in [1.807, 2.05) is 20.8 Å². The highest BCUT2D eigenvalue weighted by atomic mass is 16.7. The van der Waals surface area contributed by atoms with Gasteiger partial charge >= 0.3 is 24.4 Å². The highest BCUT2D eigenvalue weighted by Gasteiger charge is 2.23. The molecule has 1 rings (SSSR count). The molecule has 0 aliphatic rings.